The maximum Gasteiger partial charge on any atom is 0.183 e. The summed E-state index contributed by atoms with van der Waals surface area (Å²) in [7, 11) is -5.72. The minimum absolute atomic E-state index is 0.0604. The Kier molecular flexibility index (Phi) is 6.72. The molecule has 3 rings (SSSR count). The molecule has 0 saturated carbocycles. The summed E-state index contributed by atoms with van der Waals surface area (Å²) in [6.45, 7) is 0.565. The van der Waals surface area contributed by atoms with Crippen molar-refractivity contribution in [3.63, 3.8) is 0 Å². The van der Waals surface area contributed by atoms with Crippen molar-refractivity contribution < 1.29 is 26.3 Å². The van der Waals surface area contributed by atoms with Crippen molar-refractivity contribution in [3.8, 4) is 11.5 Å². The van der Waals surface area contributed by atoms with Crippen molar-refractivity contribution >= 4 is 31.3 Å². The zero-order chi connectivity index (χ0) is 21.1. The number of sulfone groups is 2. The fourth-order valence-electron chi connectivity index (χ4n) is 3.20. The molecule has 1 N–H and O–H groups in total. The van der Waals surface area contributed by atoms with Crippen LogP contribution in [0.4, 0.5) is 0 Å². The van der Waals surface area contributed by atoms with E-state index in [1.54, 1.807) is 31.4 Å². The number of nitrogens with one attached hydrogen (secondary N) is 1. The second kappa shape index (κ2) is 8.91. The first-order chi connectivity index (χ1) is 13.7. The van der Waals surface area contributed by atoms with E-state index < -0.39 is 36.7 Å². The maximum atomic E-state index is 13.0. The Bertz CT molecular complexity index is 1040. The Morgan fingerprint density at radius 2 is 1.66 bits per heavy atom. The van der Waals surface area contributed by atoms with E-state index >= 15 is 0 Å². The molecule has 0 bridgehead atoms. The fourth-order valence-corrected chi connectivity index (χ4v) is 8.04. The van der Waals surface area contributed by atoms with Crippen LogP contribution < -0.4 is 14.8 Å². The van der Waals surface area contributed by atoms with Crippen LogP contribution in [-0.2, 0) is 19.7 Å². The molecule has 158 valence electrons. The molecule has 0 unspecified atom stereocenters. The van der Waals surface area contributed by atoms with Gasteiger partial charge in [0, 0.05) is 17.6 Å². The summed E-state index contributed by atoms with van der Waals surface area (Å²) in [5.74, 6) is 0.709. The summed E-state index contributed by atoms with van der Waals surface area (Å²) in [5, 5.41) is 2.38. The minimum Gasteiger partial charge on any atom is -0.497 e. The van der Waals surface area contributed by atoms with E-state index in [-0.39, 0.29) is 17.3 Å². The average Bonchev–Trinajstić information content (AvgIpc) is 3.01. The first-order valence-corrected chi connectivity index (χ1v) is 12.7. The predicted octanol–water partition coefficient (Wildman–Crippen LogP) is 1.96. The number of ether oxygens (including phenoxy) is 2. The van der Waals surface area contributed by atoms with Gasteiger partial charge in [0.1, 0.15) is 18.1 Å². The summed E-state index contributed by atoms with van der Waals surface area (Å²) in [5.41, 5.74) is 0. The molecule has 7 nitrogen and oxygen atoms in total. The first kappa shape index (κ1) is 21.9. The van der Waals surface area contributed by atoms with E-state index in [9.17, 15) is 16.8 Å². The highest BCUT2D eigenvalue weighted by molar-refractivity contribution is 7.96. The molecular weight excluding hydrogens is 438 g/mol. The molecule has 29 heavy (non-hydrogen) atoms. The number of halogens is 1. The molecule has 10 heteroatoms. The Morgan fingerprint density at radius 3 is 2.28 bits per heavy atom. The van der Waals surface area contributed by atoms with Gasteiger partial charge in [-0.2, -0.15) is 0 Å². The van der Waals surface area contributed by atoms with Gasteiger partial charge in [-0.05, 0) is 48.5 Å². The van der Waals surface area contributed by atoms with Gasteiger partial charge in [0.25, 0.3) is 0 Å². The summed E-state index contributed by atoms with van der Waals surface area (Å²) < 4.78 is 60.9. The van der Waals surface area contributed by atoms with Crippen LogP contribution in [0, 0.1) is 0 Å². The summed E-state index contributed by atoms with van der Waals surface area (Å²) in [6.07, 6.45) is 0. The van der Waals surface area contributed by atoms with E-state index in [0.717, 1.165) is 0 Å². The van der Waals surface area contributed by atoms with Crippen molar-refractivity contribution in [1.82, 2.24) is 5.32 Å². The molecule has 0 aliphatic carbocycles. The molecule has 1 aliphatic heterocycles. The molecule has 2 atom stereocenters. The lowest BCUT2D eigenvalue weighted by Crippen LogP contribution is -2.44. The van der Waals surface area contributed by atoms with Gasteiger partial charge in [0.15, 0.2) is 19.7 Å². The fraction of sp³-hybridized carbons (Fsp3) is 0.368. The van der Waals surface area contributed by atoms with Crippen molar-refractivity contribution in [2.75, 3.05) is 31.8 Å². The summed E-state index contributed by atoms with van der Waals surface area (Å²) in [6, 6.07) is 12.1. The topological polar surface area (TPSA) is 98.8 Å². The van der Waals surface area contributed by atoms with E-state index in [2.05, 4.69) is 5.32 Å². The Morgan fingerprint density at radius 1 is 1.03 bits per heavy atom. The molecule has 2 aromatic carbocycles. The minimum atomic E-state index is -3.83. The molecule has 1 aliphatic rings. The molecule has 0 amide bonds. The van der Waals surface area contributed by atoms with Gasteiger partial charge in [0.05, 0.1) is 28.8 Å². The van der Waals surface area contributed by atoms with Gasteiger partial charge < -0.3 is 14.8 Å². The van der Waals surface area contributed by atoms with E-state index in [0.29, 0.717) is 23.1 Å². The van der Waals surface area contributed by atoms with Crippen molar-refractivity contribution in [1.29, 1.82) is 0 Å². The molecule has 1 fully saturated rings. The van der Waals surface area contributed by atoms with Crippen molar-refractivity contribution in [3.05, 3.63) is 53.6 Å². The van der Waals surface area contributed by atoms with E-state index in [4.69, 9.17) is 21.1 Å². The van der Waals surface area contributed by atoms with Crippen molar-refractivity contribution in [2.45, 2.75) is 16.2 Å². The van der Waals surface area contributed by atoms with Crippen LogP contribution in [-0.4, -0.2) is 59.9 Å². The number of hydrogen-bond donors (Lipinski definition) is 1. The highest BCUT2D eigenvalue weighted by Crippen LogP contribution is 2.27. The van der Waals surface area contributed by atoms with E-state index in [1.165, 1.54) is 24.3 Å². The zero-order valence-corrected chi connectivity index (χ0v) is 18.1. The van der Waals surface area contributed by atoms with Crippen LogP contribution in [0.1, 0.15) is 0 Å². The Labute approximate surface area is 175 Å². The van der Waals surface area contributed by atoms with Gasteiger partial charge in [0.2, 0.25) is 0 Å². The normalized spacial score (nSPS) is 21.0. The molecule has 0 radical (unpaired) electrons. The third kappa shape index (κ3) is 5.42. The number of hydrogen-bond acceptors (Lipinski definition) is 7. The van der Waals surface area contributed by atoms with Gasteiger partial charge in [-0.1, -0.05) is 11.6 Å². The molecule has 0 spiro atoms. The van der Waals surface area contributed by atoms with Crippen LogP contribution in [0.15, 0.2) is 53.4 Å². The SMILES string of the molecule is COc1ccc(OCCN[C@@H]2CS(=O)(=O)C[C@H]2S(=O)(=O)c2ccc(Cl)cc2)cc1. The lowest BCUT2D eigenvalue weighted by atomic mass is 10.2. The highest BCUT2D eigenvalue weighted by Gasteiger charge is 2.45. The van der Waals surface area contributed by atoms with Gasteiger partial charge in [-0.15, -0.1) is 0 Å². The lowest BCUT2D eigenvalue weighted by Gasteiger charge is -2.20. The molecular formula is C19H22ClNO6S2. The summed E-state index contributed by atoms with van der Waals surface area (Å²) >= 11 is 5.82. The van der Waals surface area contributed by atoms with Crippen LogP contribution in [0.5, 0.6) is 11.5 Å². The standard InChI is InChI=1S/C19H22ClNO6S2/c1-26-15-4-6-16(7-5-15)27-11-10-21-18-12-28(22,23)13-19(18)29(24,25)17-8-2-14(20)3-9-17/h2-9,18-19,21H,10-13H2,1H3/t18-,19-/m1/s1. The monoisotopic (exact) mass is 459 g/mol. The summed E-state index contributed by atoms with van der Waals surface area (Å²) in [4.78, 5) is 0.0604. The predicted molar refractivity (Wildman–Crippen MR) is 111 cm³/mol. The smallest absolute Gasteiger partial charge is 0.183 e. The Balaban J connectivity index is 1.64. The van der Waals surface area contributed by atoms with Gasteiger partial charge in [-0.25, -0.2) is 16.8 Å². The number of methoxy groups -OCH3 is 1. The van der Waals surface area contributed by atoms with Crippen LogP contribution in [0.2, 0.25) is 5.02 Å². The van der Waals surface area contributed by atoms with Crippen molar-refractivity contribution in [2.24, 2.45) is 0 Å². The second-order valence-electron chi connectivity index (χ2n) is 6.70. The third-order valence-corrected chi connectivity index (χ3v) is 9.10. The third-order valence-electron chi connectivity index (χ3n) is 4.68. The molecule has 1 saturated heterocycles. The number of rotatable bonds is 8. The van der Waals surface area contributed by atoms with Gasteiger partial charge >= 0.3 is 0 Å². The molecule has 0 aromatic heterocycles. The average molecular weight is 460 g/mol. The lowest BCUT2D eigenvalue weighted by molar-refractivity contribution is 0.307. The van der Waals surface area contributed by atoms with Crippen LogP contribution in [0.25, 0.3) is 0 Å². The second-order valence-corrected chi connectivity index (χ2v) is 11.5. The van der Waals surface area contributed by atoms with Crippen LogP contribution in [0.3, 0.4) is 0 Å². The maximum absolute atomic E-state index is 13.0. The molecule has 2 aromatic rings. The Hall–Kier alpha value is -1.81. The van der Waals surface area contributed by atoms with Crippen LogP contribution >= 0.6 is 11.6 Å². The highest BCUT2D eigenvalue weighted by atomic mass is 35.5. The quantitative estimate of drug-likeness (QED) is 0.602. The van der Waals surface area contributed by atoms with Gasteiger partial charge in [-0.3, -0.25) is 0 Å². The number of benzene rings is 2. The first-order valence-electron chi connectivity index (χ1n) is 8.91. The zero-order valence-electron chi connectivity index (χ0n) is 15.7. The van der Waals surface area contributed by atoms with E-state index in [1.807, 2.05) is 0 Å². The molecule has 1 heterocycles. The largest absolute Gasteiger partial charge is 0.497 e.